The zero-order chi connectivity index (χ0) is 14.9. The zero-order valence-electron chi connectivity index (χ0n) is 11.9. The fraction of sp³-hybridized carbons (Fsp3) is 0.467. The molecule has 0 saturated carbocycles. The highest BCUT2D eigenvalue weighted by Crippen LogP contribution is 2.47. The number of benzene rings is 1. The van der Waals surface area contributed by atoms with Gasteiger partial charge in [0.1, 0.15) is 0 Å². The Morgan fingerprint density at radius 1 is 1.52 bits per heavy atom. The molecule has 3 rings (SSSR count). The number of hydrogen-bond donors (Lipinski definition) is 1. The number of hydrogen-bond acceptors (Lipinski definition) is 6. The molecule has 0 bridgehead atoms. The van der Waals surface area contributed by atoms with E-state index in [0.29, 0.717) is 19.7 Å². The van der Waals surface area contributed by atoms with E-state index in [0.717, 1.165) is 10.7 Å². The first-order valence-corrected chi connectivity index (χ1v) is 7.96. The highest BCUT2D eigenvalue weighted by molar-refractivity contribution is 8.14. The van der Waals surface area contributed by atoms with Crippen molar-refractivity contribution in [1.29, 1.82) is 0 Å². The van der Waals surface area contributed by atoms with Crippen LogP contribution in [0.15, 0.2) is 35.3 Å². The number of ether oxygens (including phenoxy) is 1. The van der Waals surface area contributed by atoms with Gasteiger partial charge in [-0.1, -0.05) is 42.1 Å². The van der Waals surface area contributed by atoms with E-state index in [1.807, 2.05) is 35.2 Å². The Kier molecular flexibility index (Phi) is 3.91. The first kappa shape index (κ1) is 14.4. The van der Waals surface area contributed by atoms with Gasteiger partial charge in [-0.3, -0.25) is 9.79 Å². The van der Waals surface area contributed by atoms with Crippen LogP contribution in [0.5, 0.6) is 0 Å². The van der Waals surface area contributed by atoms with Crippen molar-refractivity contribution in [2.75, 3.05) is 19.7 Å². The zero-order valence-corrected chi connectivity index (χ0v) is 12.7. The fourth-order valence-corrected chi connectivity index (χ4v) is 4.23. The number of carbonyl (C=O) groups is 1. The Balaban J connectivity index is 1.93. The molecule has 2 atom stereocenters. The highest BCUT2D eigenvalue weighted by atomic mass is 32.2. The van der Waals surface area contributed by atoms with Gasteiger partial charge in [-0.2, -0.15) is 0 Å². The van der Waals surface area contributed by atoms with Crippen molar-refractivity contribution in [2.45, 2.75) is 24.3 Å². The fourth-order valence-electron chi connectivity index (χ4n) is 2.81. The smallest absolute Gasteiger partial charge is 0.307 e. The van der Waals surface area contributed by atoms with E-state index in [1.54, 1.807) is 6.92 Å². The summed E-state index contributed by atoms with van der Waals surface area (Å²) in [5, 5.41) is 11.8. The van der Waals surface area contributed by atoms with Crippen LogP contribution in [-0.4, -0.2) is 46.1 Å². The summed E-state index contributed by atoms with van der Waals surface area (Å²) in [7, 11) is 0. The third-order valence-electron chi connectivity index (χ3n) is 3.77. The summed E-state index contributed by atoms with van der Waals surface area (Å²) in [4.78, 5) is 18.1. The lowest BCUT2D eigenvalue weighted by Gasteiger charge is -2.36. The summed E-state index contributed by atoms with van der Waals surface area (Å²) in [6.07, 6.45) is 0.166. The van der Waals surface area contributed by atoms with Crippen molar-refractivity contribution in [2.24, 2.45) is 4.99 Å². The first-order chi connectivity index (χ1) is 10.2. The predicted molar refractivity (Wildman–Crippen MR) is 82.0 cm³/mol. The van der Waals surface area contributed by atoms with Crippen LogP contribution in [0.4, 0.5) is 0 Å². The van der Waals surface area contributed by atoms with Crippen molar-refractivity contribution in [1.82, 2.24) is 4.90 Å². The summed E-state index contributed by atoms with van der Waals surface area (Å²) in [5.74, 6) is -0.286. The van der Waals surface area contributed by atoms with Crippen LogP contribution in [0.2, 0.25) is 0 Å². The monoisotopic (exact) mass is 306 g/mol. The van der Waals surface area contributed by atoms with Gasteiger partial charge >= 0.3 is 5.97 Å². The Morgan fingerprint density at radius 2 is 2.29 bits per heavy atom. The molecular weight excluding hydrogens is 288 g/mol. The van der Waals surface area contributed by atoms with E-state index in [-0.39, 0.29) is 17.6 Å². The van der Waals surface area contributed by atoms with Crippen LogP contribution in [0.1, 0.15) is 18.9 Å². The van der Waals surface area contributed by atoms with Crippen molar-refractivity contribution in [3.8, 4) is 0 Å². The molecule has 0 spiro atoms. The molecule has 6 heteroatoms. The molecular formula is C15H18N2O3S. The lowest BCUT2D eigenvalue weighted by molar-refractivity contribution is -0.146. The number of aliphatic imine (C=N–C) groups is 1. The summed E-state index contributed by atoms with van der Waals surface area (Å²) in [5.41, 5.74) is -0.410. The van der Waals surface area contributed by atoms with Crippen molar-refractivity contribution >= 4 is 22.9 Å². The largest absolute Gasteiger partial charge is 0.466 e. The van der Waals surface area contributed by atoms with E-state index in [2.05, 4.69) is 4.99 Å². The third kappa shape index (κ3) is 2.42. The van der Waals surface area contributed by atoms with Gasteiger partial charge in [-0.25, -0.2) is 0 Å². The Morgan fingerprint density at radius 3 is 3.00 bits per heavy atom. The number of rotatable bonds is 4. The SMILES string of the molecule is CCOC(=O)CC1SC2=NCCN2C1(O)c1ccccc1. The minimum atomic E-state index is -1.20. The van der Waals surface area contributed by atoms with Gasteiger partial charge in [-0.15, -0.1) is 0 Å². The molecule has 112 valence electrons. The number of esters is 1. The van der Waals surface area contributed by atoms with Crippen molar-refractivity contribution < 1.29 is 14.6 Å². The molecule has 1 saturated heterocycles. The second-order valence-electron chi connectivity index (χ2n) is 5.02. The molecule has 1 N–H and O–H groups in total. The van der Waals surface area contributed by atoms with E-state index in [9.17, 15) is 9.90 Å². The molecule has 0 amide bonds. The van der Waals surface area contributed by atoms with Crippen molar-refractivity contribution in [3.63, 3.8) is 0 Å². The van der Waals surface area contributed by atoms with Crippen LogP contribution < -0.4 is 0 Å². The van der Waals surface area contributed by atoms with Gasteiger partial charge in [0.2, 0.25) is 0 Å². The maximum atomic E-state index is 11.8. The molecule has 21 heavy (non-hydrogen) atoms. The number of thioether (sulfide) groups is 1. The number of aliphatic hydroxyl groups is 1. The molecule has 1 aromatic rings. The third-order valence-corrected chi connectivity index (χ3v) is 5.11. The normalized spacial score (nSPS) is 27.4. The number of nitrogens with zero attached hydrogens (tertiary/aromatic N) is 2. The van der Waals surface area contributed by atoms with Gasteiger partial charge in [0.05, 0.1) is 24.8 Å². The van der Waals surface area contributed by atoms with E-state index in [4.69, 9.17) is 4.74 Å². The maximum Gasteiger partial charge on any atom is 0.307 e. The standard InChI is InChI=1S/C15H18N2O3S/c1-2-20-13(18)10-12-15(19,11-6-4-3-5-7-11)17-9-8-16-14(17)21-12/h3-7,12,19H,2,8-10H2,1H3. The molecule has 0 radical (unpaired) electrons. The minimum Gasteiger partial charge on any atom is -0.466 e. The van der Waals surface area contributed by atoms with E-state index < -0.39 is 5.72 Å². The number of carbonyl (C=O) groups excluding carboxylic acids is 1. The molecule has 1 fully saturated rings. The summed E-state index contributed by atoms with van der Waals surface area (Å²) < 4.78 is 5.03. The molecule has 0 aliphatic carbocycles. The molecule has 2 aliphatic rings. The average molecular weight is 306 g/mol. The second kappa shape index (κ2) is 5.69. The lowest BCUT2D eigenvalue weighted by atomic mass is 9.95. The van der Waals surface area contributed by atoms with Crippen LogP contribution in [0.25, 0.3) is 0 Å². The Labute approximate surface area is 128 Å². The van der Waals surface area contributed by atoms with Crippen LogP contribution >= 0.6 is 11.8 Å². The van der Waals surface area contributed by atoms with Crippen molar-refractivity contribution in [3.05, 3.63) is 35.9 Å². The molecule has 2 unspecified atom stereocenters. The Bertz CT molecular complexity index is 563. The second-order valence-corrected chi connectivity index (χ2v) is 6.19. The molecule has 2 aliphatic heterocycles. The van der Waals surface area contributed by atoms with Crippen LogP contribution in [0.3, 0.4) is 0 Å². The van der Waals surface area contributed by atoms with Gasteiger partial charge < -0.3 is 14.7 Å². The number of fused-ring (bicyclic) bond motifs is 1. The van der Waals surface area contributed by atoms with Gasteiger partial charge in [0.15, 0.2) is 10.9 Å². The Hall–Kier alpha value is -1.53. The lowest BCUT2D eigenvalue weighted by Crippen LogP contribution is -2.48. The summed E-state index contributed by atoms with van der Waals surface area (Å²) in [6, 6.07) is 9.48. The molecule has 1 aromatic carbocycles. The predicted octanol–water partition coefficient (Wildman–Crippen LogP) is 1.57. The average Bonchev–Trinajstić information content (AvgIpc) is 3.04. The summed E-state index contributed by atoms with van der Waals surface area (Å²) in [6.45, 7) is 3.49. The number of amidine groups is 1. The van der Waals surface area contributed by atoms with E-state index >= 15 is 0 Å². The quantitative estimate of drug-likeness (QED) is 0.856. The minimum absolute atomic E-state index is 0.166. The summed E-state index contributed by atoms with van der Waals surface area (Å²) >= 11 is 1.46. The van der Waals surface area contributed by atoms with E-state index in [1.165, 1.54) is 11.8 Å². The van der Waals surface area contributed by atoms with Crippen LogP contribution in [-0.2, 0) is 15.3 Å². The maximum absolute atomic E-state index is 11.8. The van der Waals surface area contributed by atoms with Crippen LogP contribution in [0, 0.1) is 0 Å². The van der Waals surface area contributed by atoms with Gasteiger partial charge in [0, 0.05) is 12.1 Å². The molecule has 2 heterocycles. The van der Waals surface area contributed by atoms with Gasteiger partial charge in [0.25, 0.3) is 0 Å². The van der Waals surface area contributed by atoms with Gasteiger partial charge in [-0.05, 0) is 6.92 Å². The molecule has 0 aromatic heterocycles. The topological polar surface area (TPSA) is 62.1 Å². The molecule has 5 nitrogen and oxygen atoms in total. The highest BCUT2D eigenvalue weighted by Gasteiger charge is 2.54. The first-order valence-electron chi connectivity index (χ1n) is 7.08.